The Labute approximate surface area is 177 Å². The van der Waals surface area contributed by atoms with E-state index in [-0.39, 0.29) is 36.3 Å². The summed E-state index contributed by atoms with van der Waals surface area (Å²) in [6.45, 7) is 3.59. The molecule has 0 aromatic heterocycles. The zero-order chi connectivity index (χ0) is 22.2. The molecule has 0 aliphatic carbocycles. The molecule has 0 heterocycles. The SMILES string of the molecule is CCCCC(=O)NC(F)(c1cc(O)cc(OCc2ccccc2)c1)[Si](C)(CN)CF. The highest BCUT2D eigenvalue weighted by atomic mass is 28.3. The Balaban J connectivity index is 2.39. The molecule has 2 rings (SSSR count). The third-order valence-electron chi connectivity index (χ3n) is 5.18. The number of halogens is 2. The normalized spacial score (nSPS) is 15.1. The number of benzene rings is 2. The van der Waals surface area contributed by atoms with Crippen molar-refractivity contribution in [3.05, 3.63) is 59.7 Å². The van der Waals surface area contributed by atoms with Crippen LogP contribution in [0.25, 0.3) is 0 Å². The van der Waals surface area contributed by atoms with Crippen molar-refractivity contribution in [1.82, 2.24) is 5.32 Å². The fourth-order valence-electron chi connectivity index (χ4n) is 3.06. The quantitative estimate of drug-likeness (QED) is 0.367. The molecule has 0 spiro atoms. The lowest BCUT2D eigenvalue weighted by Gasteiger charge is -2.39. The third-order valence-corrected chi connectivity index (χ3v) is 8.75. The predicted molar refractivity (Wildman–Crippen MR) is 116 cm³/mol. The number of hydrogen-bond donors (Lipinski definition) is 3. The number of hydrogen-bond acceptors (Lipinski definition) is 4. The molecular formula is C22H30F2N2O3Si. The third kappa shape index (κ3) is 5.57. The Hall–Kier alpha value is -2.45. The van der Waals surface area contributed by atoms with E-state index in [1.807, 2.05) is 37.3 Å². The molecule has 0 bridgehead atoms. The number of carbonyl (C=O) groups is 1. The van der Waals surface area contributed by atoms with Crippen LogP contribution >= 0.6 is 0 Å². The summed E-state index contributed by atoms with van der Waals surface area (Å²) < 4.78 is 36.1. The number of alkyl halides is 2. The maximum atomic E-state index is 16.4. The molecule has 8 heteroatoms. The van der Waals surface area contributed by atoms with Crippen molar-refractivity contribution in [2.45, 2.75) is 44.8 Å². The first-order valence-electron chi connectivity index (χ1n) is 10.0. The molecule has 0 radical (unpaired) electrons. The van der Waals surface area contributed by atoms with Crippen LogP contribution in [0.2, 0.25) is 6.55 Å². The lowest BCUT2D eigenvalue weighted by molar-refractivity contribution is -0.124. The van der Waals surface area contributed by atoms with E-state index in [4.69, 9.17) is 10.5 Å². The van der Waals surface area contributed by atoms with Gasteiger partial charge in [0.15, 0.2) is 13.5 Å². The lowest BCUT2D eigenvalue weighted by Crippen LogP contribution is -2.66. The van der Waals surface area contributed by atoms with Crippen molar-refractivity contribution >= 4 is 14.0 Å². The van der Waals surface area contributed by atoms with Crippen molar-refractivity contribution in [2.75, 3.05) is 12.5 Å². The second kappa shape index (κ2) is 10.5. The zero-order valence-corrected chi connectivity index (χ0v) is 18.5. The van der Waals surface area contributed by atoms with Crippen molar-refractivity contribution < 1.29 is 23.4 Å². The van der Waals surface area contributed by atoms with Crippen LogP contribution in [0.1, 0.15) is 37.3 Å². The van der Waals surface area contributed by atoms with Gasteiger partial charge in [-0.2, -0.15) is 0 Å². The Bertz CT molecular complexity index is 834. The fraction of sp³-hybridized carbons (Fsp3) is 0.409. The Morgan fingerprint density at radius 1 is 1.27 bits per heavy atom. The number of nitrogens with one attached hydrogen (secondary N) is 1. The molecule has 1 amide bonds. The molecule has 0 aliphatic heterocycles. The second-order valence-electron chi connectivity index (χ2n) is 7.70. The lowest BCUT2D eigenvalue weighted by atomic mass is 10.1. The van der Waals surface area contributed by atoms with Gasteiger partial charge in [0, 0.05) is 18.1 Å². The van der Waals surface area contributed by atoms with Gasteiger partial charge >= 0.3 is 0 Å². The molecule has 0 aliphatic rings. The van der Waals surface area contributed by atoms with Crippen LogP contribution in [-0.2, 0) is 16.8 Å². The van der Waals surface area contributed by atoms with Gasteiger partial charge in [-0.3, -0.25) is 9.18 Å². The number of rotatable bonds is 11. The van der Waals surface area contributed by atoms with Crippen LogP contribution in [-0.4, -0.2) is 31.6 Å². The average Bonchev–Trinajstić information content (AvgIpc) is 2.75. The summed E-state index contributed by atoms with van der Waals surface area (Å²) in [6.07, 6.45) is 0.294. The van der Waals surface area contributed by atoms with E-state index in [9.17, 15) is 14.3 Å². The molecule has 30 heavy (non-hydrogen) atoms. The van der Waals surface area contributed by atoms with Gasteiger partial charge < -0.3 is 20.9 Å². The minimum absolute atomic E-state index is 0.0623. The van der Waals surface area contributed by atoms with Gasteiger partial charge in [0.05, 0.1) is 6.30 Å². The minimum Gasteiger partial charge on any atom is -0.508 e. The number of nitrogens with two attached hydrogens (primary N) is 1. The monoisotopic (exact) mass is 436 g/mol. The van der Waals surface area contributed by atoms with Crippen LogP contribution in [0.4, 0.5) is 8.78 Å². The summed E-state index contributed by atoms with van der Waals surface area (Å²) >= 11 is 0. The minimum atomic E-state index is -3.48. The maximum Gasteiger partial charge on any atom is 0.222 e. The van der Waals surface area contributed by atoms with Gasteiger partial charge in [-0.1, -0.05) is 50.2 Å². The standard InChI is InChI=1S/C22H30F2N2O3Si/c1-3-4-10-21(28)26-22(24,30(2,15-23)16-25)18-11-19(27)13-20(12-18)29-14-17-8-6-5-7-9-17/h5-9,11-13,27H,3-4,10,14-16,25H2,1-2H3,(H,26,28). The van der Waals surface area contributed by atoms with Gasteiger partial charge in [-0.15, -0.1) is 0 Å². The zero-order valence-electron chi connectivity index (χ0n) is 17.5. The van der Waals surface area contributed by atoms with Crippen LogP contribution < -0.4 is 15.8 Å². The van der Waals surface area contributed by atoms with Crippen molar-refractivity contribution in [3.8, 4) is 11.5 Å². The topological polar surface area (TPSA) is 84.6 Å². The van der Waals surface area contributed by atoms with Crippen molar-refractivity contribution in [1.29, 1.82) is 0 Å². The number of amides is 1. The number of unbranched alkanes of at least 4 members (excludes halogenated alkanes) is 1. The first-order valence-corrected chi connectivity index (χ1v) is 13.0. The number of phenolic OH excluding ortho intramolecular Hbond substituents is 1. The Kier molecular flexibility index (Phi) is 8.37. The van der Waals surface area contributed by atoms with Gasteiger partial charge in [-0.25, -0.2) is 4.39 Å². The molecule has 0 saturated carbocycles. The van der Waals surface area contributed by atoms with Crippen LogP contribution in [0.3, 0.4) is 0 Å². The van der Waals surface area contributed by atoms with Crippen LogP contribution in [0.15, 0.2) is 48.5 Å². The summed E-state index contributed by atoms with van der Waals surface area (Å²) in [6, 6.07) is 13.3. The molecule has 164 valence electrons. The van der Waals surface area contributed by atoms with E-state index in [1.54, 1.807) is 0 Å². The largest absolute Gasteiger partial charge is 0.508 e. The molecule has 4 N–H and O–H groups in total. The fourth-order valence-corrected chi connectivity index (χ4v) is 4.91. The summed E-state index contributed by atoms with van der Waals surface area (Å²) in [5.74, 6) is -0.548. The Morgan fingerprint density at radius 2 is 1.97 bits per heavy atom. The maximum absolute atomic E-state index is 16.4. The molecule has 0 fully saturated rings. The summed E-state index contributed by atoms with van der Waals surface area (Å²) in [5.41, 5.74) is 4.10. The second-order valence-corrected chi connectivity index (χ2v) is 12.2. The smallest absolute Gasteiger partial charge is 0.222 e. The van der Waals surface area contributed by atoms with Crippen LogP contribution in [0, 0.1) is 0 Å². The molecule has 2 atom stereocenters. The summed E-state index contributed by atoms with van der Waals surface area (Å²) in [4.78, 5) is 12.4. The highest BCUT2D eigenvalue weighted by Gasteiger charge is 2.53. The molecular weight excluding hydrogens is 406 g/mol. The molecule has 5 nitrogen and oxygen atoms in total. The molecule has 2 aromatic rings. The summed E-state index contributed by atoms with van der Waals surface area (Å²) in [7, 11) is -3.48. The van der Waals surface area contributed by atoms with E-state index >= 15 is 4.39 Å². The Morgan fingerprint density at radius 3 is 2.57 bits per heavy atom. The molecule has 0 saturated heterocycles. The van der Waals surface area contributed by atoms with E-state index in [1.165, 1.54) is 24.7 Å². The average molecular weight is 437 g/mol. The van der Waals surface area contributed by atoms with E-state index in [0.29, 0.717) is 6.42 Å². The van der Waals surface area contributed by atoms with E-state index in [0.717, 1.165) is 12.0 Å². The van der Waals surface area contributed by atoms with Crippen molar-refractivity contribution in [2.24, 2.45) is 5.73 Å². The van der Waals surface area contributed by atoms with E-state index < -0.39 is 25.7 Å². The molecule has 2 aromatic carbocycles. The molecule has 2 unspecified atom stereocenters. The van der Waals surface area contributed by atoms with Gasteiger partial charge in [0.2, 0.25) is 5.91 Å². The van der Waals surface area contributed by atoms with Gasteiger partial charge in [-0.05, 0) is 30.3 Å². The number of carbonyl (C=O) groups excluding carboxylic acids is 1. The number of phenols is 1. The van der Waals surface area contributed by atoms with Gasteiger partial charge in [0.1, 0.15) is 18.1 Å². The first-order chi connectivity index (χ1) is 14.3. The van der Waals surface area contributed by atoms with E-state index in [2.05, 4.69) is 5.32 Å². The van der Waals surface area contributed by atoms with Gasteiger partial charge in [0.25, 0.3) is 0 Å². The number of aromatic hydroxyl groups is 1. The first kappa shape index (κ1) is 23.8. The predicted octanol–water partition coefficient (Wildman–Crippen LogP) is 4.02. The van der Waals surface area contributed by atoms with Crippen LogP contribution in [0.5, 0.6) is 11.5 Å². The highest BCUT2D eigenvalue weighted by Crippen LogP contribution is 2.37. The highest BCUT2D eigenvalue weighted by molar-refractivity contribution is 6.81. The summed E-state index contributed by atoms with van der Waals surface area (Å²) in [5, 5.41) is 12.6. The number of ether oxygens (including phenoxy) is 1. The van der Waals surface area contributed by atoms with Crippen molar-refractivity contribution in [3.63, 3.8) is 0 Å².